The van der Waals surface area contributed by atoms with Gasteiger partial charge in [-0.05, 0) is 44.1 Å². The highest BCUT2D eigenvalue weighted by atomic mass is 79.9. The predicted molar refractivity (Wildman–Crippen MR) is 85.8 cm³/mol. The van der Waals surface area contributed by atoms with Crippen molar-refractivity contribution in [1.82, 2.24) is 5.32 Å². The van der Waals surface area contributed by atoms with Gasteiger partial charge in [0.1, 0.15) is 6.07 Å². The number of nitrogens with zero attached hydrogens (tertiary/aromatic N) is 1. The van der Waals surface area contributed by atoms with Gasteiger partial charge in [0, 0.05) is 9.72 Å². The van der Waals surface area contributed by atoms with Crippen LogP contribution < -0.4 is 10.6 Å². The maximum atomic E-state index is 11.9. The van der Waals surface area contributed by atoms with Crippen LogP contribution >= 0.6 is 27.7 Å². The van der Waals surface area contributed by atoms with Gasteiger partial charge in [-0.15, -0.1) is 11.8 Å². The normalized spacial score (nSPS) is 15.6. The minimum atomic E-state index is -0.0487. The van der Waals surface area contributed by atoms with Crippen LogP contribution in [0.1, 0.15) is 18.4 Å². The molecule has 6 heteroatoms. The Morgan fingerprint density at radius 2 is 2.25 bits per heavy atom. The van der Waals surface area contributed by atoms with Gasteiger partial charge < -0.3 is 10.6 Å². The molecule has 1 heterocycles. The maximum Gasteiger partial charge on any atom is 0.234 e. The number of thioether (sulfide) groups is 1. The van der Waals surface area contributed by atoms with Gasteiger partial charge in [0.05, 0.1) is 17.0 Å². The lowest BCUT2D eigenvalue weighted by atomic mass is 10.2. The van der Waals surface area contributed by atoms with E-state index >= 15 is 0 Å². The fourth-order valence-electron chi connectivity index (χ4n) is 2.06. The van der Waals surface area contributed by atoms with E-state index in [0.29, 0.717) is 22.3 Å². The lowest BCUT2D eigenvalue weighted by Gasteiger charge is -2.21. The summed E-state index contributed by atoms with van der Waals surface area (Å²) in [5.74, 6) is 0.387. The quantitative estimate of drug-likeness (QED) is 0.873. The lowest BCUT2D eigenvalue weighted by Crippen LogP contribution is -2.30. The number of nitrogens with one attached hydrogen (secondary N) is 2. The molecule has 0 saturated carbocycles. The third-order valence-electron chi connectivity index (χ3n) is 3.11. The van der Waals surface area contributed by atoms with Gasteiger partial charge >= 0.3 is 0 Å². The second-order valence-corrected chi connectivity index (χ2v) is 6.81. The molecule has 0 atom stereocenters. The molecule has 4 nitrogen and oxygen atoms in total. The van der Waals surface area contributed by atoms with Crippen LogP contribution in [-0.4, -0.2) is 30.0 Å². The van der Waals surface area contributed by atoms with Crippen LogP contribution in [0.3, 0.4) is 0 Å². The van der Waals surface area contributed by atoms with Crippen LogP contribution in [0.25, 0.3) is 0 Å². The molecule has 2 rings (SSSR count). The molecule has 1 saturated heterocycles. The first kappa shape index (κ1) is 15.4. The number of nitriles is 1. The second kappa shape index (κ2) is 7.67. The summed E-state index contributed by atoms with van der Waals surface area (Å²) in [7, 11) is 0. The van der Waals surface area contributed by atoms with Crippen molar-refractivity contribution >= 4 is 39.3 Å². The summed E-state index contributed by atoms with van der Waals surface area (Å²) >= 11 is 5.01. The average Bonchev–Trinajstić information content (AvgIpc) is 2.48. The Balaban J connectivity index is 1.86. The van der Waals surface area contributed by atoms with Gasteiger partial charge in [0.2, 0.25) is 5.91 Å². The Labute approximate surface area is 131 Å². The van der Waals surface area contributed by atoms with Crippen molar-refractivity contribution in [3.63, 3.8) is 0 Å². The van der Waals surface area contributed by atoms with E-state index in [1.54, 1.807) is 23.9 Å². The van der Waals surface area contributed by atoms with E-state index in [2.05, 4.69) is 32.6 Å². The smallest absolute Gasteiger partial charge is 0.234 e. The van der Waals surface area contributed by atoms with Crippen LogP contribution in [0.15, 0.2) is 22.7 Å². The molecule has 1 aromatic rings. The summed E-state index contributed by atoms with van der Waals surface area (Å²) in [6.07, 6.45) is 2.22. The fraction of sp³-hybridized carbons (Fsp3) is 0.429. The van der Waals surface area contributed by atoms with Crippen molar-refractivity contribution in [2.24, 2.45) is 0 Å². The van der Waals surface area contributed by atoms with Gasteiger partial charge in [-0.1, -0.05) is 15.9 Å². The van der Waals surface area contributed by atoms with Gasteiger partial charge in [0.15, 0.2) is 0 Å². The molecule has 106 valence electrons. The summed E-state index contributed by atoms with van der Waals surface area (Å²) in [6, 6.07) is 7.35. The zero-order valence-electron chi connectivity index (χ0n) is 11.0. The number of carbonyl (C=O) groups is 1. The summed E-state index contributed by atoms with van der Waals surface area (Å²) in [6.45, 7) is 2.06. The first-order valence-electron chi connectivity index (χ1n) is 6.51. The number of amides is 1. The molecule has 0 bridgehead atoms. The monoisotopic (exact) mass is 353 g/mol. The van der Waals surface area contributed by atoms with Gasteiger partial charge in [-0.25, -0.2) is 0 Å². The molecule has 0 aromatic heterocycles. The largest absolute Gasteiger partial charge is 0.324 e. The molecule has 1 fully saturated rings. The Bertz CT molecular complexity index is 524. The molecule has 0 aliphatic carbocycles. The molecule has 2 N–H and O–H groups in total. The summed E-state index contributed by atoms with van der Waals surface area (Å²) in [4.78, 5) is 11.9. The van der Waals surface area contributed by atoms with Crippen LogP contribution in [0.2, 0.25) is 0 Å². The third-order valence-corrected chi connectivity index (χ3v) is 4.98. The van der Waals surface area contributed by atoms with E-state index in [1.807, 2.05) is 6.07 Å². The van der Waals surface area contributed by atoms with Crippen LogP contribution in [0, 0.1) is 11.3 Å². The van der Waals surface area contributed by atoms with Crippen molar-refractivity contribution in [2.45, 2.75) is 18.1 Å². The molecular weight excluding hydrogens is 338 g/mol. The van der Waals surface area contributed by atoms with Crippen LogP contribution in [0.5, 0.6) is 0 Å². The van der Waals surface area contributed by atoms with Crippen molar-refractivity contribution in [3.8, 4) is 6.07 Å². The third kappa shape index (κ3) is 4.51. The zero-order valence-corrected chi connectivity index (χ0v) is 13.4. The molecule has 1 amide bonds. The SMILES string of the molecule is N#Cc1cc(Br)ccc1NC(=O)CSC1CCNCC1. The van der Waals surface area contributed by atoms with Crippen molar-refractivity contribution in [3.05, 3.63) is 28.2 Å². The number of rotatable bonds is 4. The molecule has 1 aromatic carbocycles. The molecule has 0 unspecified atom stereocenters. The number of benzene rings is 1. The summed E-state index contributed by atoms with van der Waals surface area (Å²) < 4.78 is 0.830. The van der Waals surface area contributed by atoms with Crippen molar-refractivity contribution in [1.29, 1.82) is 5.26 Å². The van der Waals surface area contributed by atoms with E-state index in [4.69, 9.17) is 5.26 Å². The summed E-state index contributed by atoms with van der Waals surface area (Å²) in [5.41, 5.74) is 1.05. The lowest BCUT2D eigenvalue weighted by molar-refractivity contribution is -0.113. The van der Waals surface area contributed by atoms with E-state index in [-0.39, 0.29) is 5.91 Å². The Morgan fingerprint density at radius 1 is 1.50 bits per heavy atom. The molecule has 0 radical (unpaired) electrons. The van der Waals surface area contributed by atoms with Gasteiger partial charge in [0.25, 0.3) is 0 Å². The van der Waals surface area contributed by atoms with E-state index in [9.17, 15) is 4.79 Å². The second-order valence-electron chi connectivity index (χ2n) is 4.61. The fourth-order valence-corrected chi connectivity index (χ4v) is 3.45. The molecule has 1 aliphatic rings. The minimum absolute atomic E-state index is 0.0487. The first-order chi connectivity index (χ1) is 9.69. The maximum absolute atomic E-state index is 11.9. The average molecular weight is 354 g/mol. The Morgan fingerprint density at radius 3 is 2.95 bits per heavy atom. The van der Waals surface area contributed by atoms with Crippen LogP contribution in [0.4, 0.5) is 5.69 Å². The highest BCUT2D eigenvalue weighted by Crippen LogP contribution is 2.22. The number of hydrogen-bond acceptors (Lipinski definition) is 4. The Kier molecular flexibility index (Phi) is 5.89. The van der Waals surface area contributed by atoms with E-state index in [0.717, 1.165) is 30.4 Å². The predicted octanol–water partition coefficient (Wildman–Crippen LogP) is 2.74. The number of hydrogen-bond donors (Lipinski definition) is 2. The highest BCUT2D eigenvalue weighted by molar-refractivity contribution is 9.10. The number of piperidine rings is 1. The molecule has 0 spiro atoms. The highest BCUT2D eigenvalue weighted by Gasteiger charge is 2.15. The number of carbonyl (C=O) groups excluding carboxylic acids is 1. The number of anilines is 1. The molecule has 20 heavy (non-hydrogen) atoms. The van der Waals surface area contributed by atoms with Crippen molar-refractivity contribution < 1.29 is 4.79 Å². The molecular formula is C14H16BrN3OS. The van der Waals surface area contributed by atoms with E-state index < -0.39 is 0 Å². The number of halogens is 1. The zero-order chi connectivity index (χ0) is 14.4. The summed E-state index contributed by atoms with van der Waals surface area (Å²) in [5, 5.41) is 15.7. The Hall–Kier alpha value is -1.03. The van der Waals surface area contributed by atoms with E-state index in [1.165, 1.54) is 0 Å². The first-order valence-corrected chi connectivity index (χ1v) is 8.35. The minimum Gasteiger partial charge on any atom is -0.324 e. The van der Waals surface area contributed by atoms with Crippen molar-refractivity contribution in [2.75, 3.05) is 24.2 Å². The van der Waals surface area contributed by atoms with Gasteiger partial charge in [-0.3, -0.25) is 4.79 Å². The molecule has 1 aliphatic heterocycles. The topological polar surface area (TPSA) is 64.9 Å². The standard InChI is InChI=1S/C14H16BrN3OS/c15-11-1-2-13(10(7-11)8-16)18-14(19)9-20-12-3-5-17-6-4-12/h1-2,7,12,17H,3-6,9H2,(H,18,19). The van der Waals surface area contributed by atoms with Gasteiger partial charge in [-0.2, -0.15) is 5.26 Å². The van der Waals surface area contributed by atoms with Crippen LogP contribution in [-0.2, 0) is 4.79 Å².